The van der Waals surface area contributed by atoms with Crippen molar-refractivity contribution in [2.45, 2.75) is 6.18 Å². The van der Waals surface area contributed by atoms with Crippen LogP contribution < -0.4 is 0 Å². The molecule has 2 rings (SSSR count). The van der Waals surface area contributed by atoms with Gasteiger partial charge in [-0.15, -0.1) is 0 Å². The van der Waals surface area contributed by atoms with Crippen LogP contribution in [0.15, 0.2) is 36.4 Å². The smallest absolute Gasteiger partial charge is 0.433 e. The molecule has 1 aromatic carbocycles. The Morgan fingerprint density at radius 3 is 2.35 bits per heavy atom. The monoisotopic (exact) mass is 282 g/mol. The van der Waals surface area contributed by atoms with Crippen LogP contribution in [-0.4, -0.2) is 23.0 Å². The zero-order valence-corrected chi connectivity index (χ0v) is 10.3. The van der Waals surface area contributed by atoms with Gasteiger partial charge in [-0.1, -0.05) is 30.3 Å². The predicted molar refractivity (Wildman–Crippen MR) is 63.8 cm³/mol. The first kappa shape index (κ1) is 14.0. The normalized spacial score (nSPS) is 11.2. The Kier molecular flexibility index (Phi) is 3.69. The summed E-state index contributed by atoms with van der Waals surface area (Å²) >= 11 is 0. The van der Waals surface area contributed by atoms with Gasteiger partial charge in [-0.3, -0.25) is 0 Å². The molecule has 0 unspecified atom stereocenters. The third-order valence-electron chi connectivity index (χ3n) is 2.45. The van der Waals surface area contributed by atoms with Crippen molar-refractivity contribution in [1.29, 1.82) is 0 Å². The maximum Gasteiger partial charge on any atom is 0.433 e. The first-order chi connectivity index (χ1) is 9.41. The summed E-state index contributed by atoms with van der Waals surface area (Å²) in [6.45, 7) is 0. The van der Waals surface area contributed by atoms with Crippen LogP contribution in [0.1, 0.15) is 16.3 Å². The van der Waals surface area contributed by atoms with Crippen molar-refractivity contribution >= 4 is 5.97 Å². The SMILES string of the molecule is COC(=O)c1nc(-c2ccccc2)cc(C(F)(F)F)n1. The Labute approximate surface area is 112 Å². The summed E-state index contributed by atoms with van der Waals surface area (Å²) in [5.41, 5.74) is -0.731. The van der Waals surface area contributed by atoms with Crippen LogP contribution in [0.25, 0.3) is 11.3 Å². The second kappa shape index (κ2) is 5.28. The van der Waals surface area contributed by atoms with Crippen LogP contribution >= 0.6 is 0 Å². The van der Waals surface area contributed by atoms with E-state index in [-0.39, 0.29) is 5.69 Å². The van der Waals surface area contributed by atoms with E-state index in [2.05, 4.69) is 14.7 Å². The van der Waals surface area contributed by atoms with Gasteiger partial charge in [0.25, 0.3) is 0 Å². The van der Waals surface area contributed by atoms with Crippen LogP contribution in [0.2, 0.25) is 0 Å². The highest BCUT2D eigenvalue weighted by molar-refractivity contribution is 5.85. The molecule has 7 heteroatoms. The van der Waals surface area contributed by atoms with Gasteiger partial charge in [-0.2, -0.15) is 13.2 Å². The summed E-state index contributed by atoms with van der Waals surface area (Å²) in [5.74, 6) is -1.64. The Balaban J connectivity index is 2.60. The van der Waals surface area contributed by atoms with E-state index in [0.29, 0.717) is 5.56 Å². The summed E-state index contributed by atoms with van der Waals surface area (Å²) in [5, 5.41) is 0. The molecule has 0 N–H and O–H groups in total. The third-order valence-corrected chi connectivity index (χ3v) is 2.45. The van der Waals surface area contributed by atoms with Gasteiger partial charge >= 0.3 is 12.1 Å². The van der Waals surface area contributed by atoms with Crippen molar-refractivity contribution in [3.63, 3.8) is 0 Å². The van der Waals surface area contributed by atoms with Crippen molar-refractivity contribution < 1.29 is 22.7 Å². The van der Waals surface area contributed by atoms with Gasteiger partial charge in [0.1, 0.15) is 5.69 Å². The second-order valence-corrected chi connectivity index (χ2v) is 3.82. The lowest BCUT2D eigenvalue weighted by Gasteiger charge is -2.09. The molecule has 0 aliphatic rings. The summed E-state index contributed by atoms with van der Waals surface area (Å²) < 4.78 is 42.7. The summed E-state index contributed by atoms with van der Waals surface area (Å²) in [7, 11) is 1.05. The molecule has 0 amide bonds. The number of halogens is 3. The van der Waals surface area contributed by atoms with E-state index in [0.717, 1.165) is 13.2 Å². The topological polar surface area (TPSA) is 52.1 Å². The van der Waals surface area contributed by atoms with Crippen LogP contribution in [-0.2, 0) is 10.9 Å². The van der Waals surface area contributed by atoms with E-state index in [1.54, 1.807) is 30.3 Å². The van der Waals surface area contributed by atoms with E-state index in [1.165, 1.54) is 0 Å². The van der Waals surface area contributed by atoms with Gasteiger partial charge in [0.15, 0.2) is 0 Å². The minimum absolute atomic E-state index is 0.00771. The number of ether oxygens (including phenoxy) is 1. The van der Waals surface area contributed by atoms with Crippen LogP contribution in [0.3, 0.4) is 0 Å². The largest absolute Gasteiger partial charge is 0.463 e. The number of methoxy groups -OCH3 is 1. The molecule has 0 aliphatic heterocycles. The quantitative estimate of drug-likeness (QED) is 0.795. The van der Waals surface area contributed by atoms with E-state index in [4.69, 9.17) is 0 Å². The molecule has 1 heterocycles. The second-order valence-electron chi connectivity index (χ2n) is 3.82. The summed E-state index contributed by atoms with van der Waals surface area (Å²) in [6.07, 6.45) is -4.67. The van der Waals surface area contributed by atoms with Gasteiger partial charge in [-0.05, 0) is 6.07 Å². The third kappa shape index (κ3) is 2.93. The molecule has 0 fully saturated rings. The average molecular weight is 282 g/mol. The average Bonchev–Trinajstić information content (AvgIpc) is 2.46. The molecular weight excluding hydrogens is 273 g/mol. The van der Waals surface area contributed by atoms with E-state index in [1.807, 2.05) is 0 Å². The number of esters is 1. The number of hydrogen-bond acceptors (Lipinski definition) is 4. The van der Waals surface area contributed by atoms with E-state index >= 15 is 0 Å². The number of carbonyl (C=O) groups is 1. The maximum absolute atomic E-state index is 12.8. The number of rotatable bonds is 2. The van der Waals surface area contributed by atoms with Gasteiger partial charge < -0.3 is 4.74 Å². The lowest BCUT2D eigenvalue weighted by molar-refractivity contribution is -0.141. The summed E-state index contributed by atoms with van der Waals surface area (Å²) in [6, 6.07) is 9.00. The van der Waals surface area contributed by atoms with Crippen molar-refractivity contribution in [1.82, 2.24) is 9.97 Å². The molecule has 104 valence electrons. The molecule has 2 aromatic rings. The lowest BCUT2D eigenvalue weighted by Crippen LogP contribution is -2.15. The molecular formula is C13H9F3N2O2. The Morgan fingerprint density at radius 1 is 1.15 bits per heavy atom. The minimum atomic E-state index is -4.67. The molecule has 0 spiro atoms. The van der Waals surface area contributed by atoms with E-state index < -0.39 is 23.7 Å². The number of alkyl halides is 3. The standard InChI is InChI=1S/C13H9F3N2O2/c1-20-12(19)11-17-9(8-5-3-2-4-6-8)7-10(18-11)13(14,15)16/h2-7H,1H3. The van der Waals surface area contributed by atoms with Crippen LogP contribution in [0, 0.1) is 0 Å². The fraction of sp³-hybridized carbons (Fsp3) is 0.154. The molecule has 0 saturated heterocycles. The number of carbonyl (C=O) groups excluding carboxylic acids is 1. The molecule has 20 heavy (non-hydrogen) atoms. The van der Waals surface area contributed by atoms with Gasteiger partial charge in [-0.25, -0.2) is 14.8 Å². The zero-order valence-electron chi connectivity index (χ0n) is 10.3. The predicted octanol–water partition coefficient (Wildman–Crippen LogP) is 2.95. The number of hydrogen-bond donors (Lipinski definition) is 0. The van der Waals surface area contributed by atoms with Crippen molar-refractivity contribution in [3.05, 3.63) is 47.9 Å². The number of nitrogens with zero attached hydrogens (tertiary/aromatic N) is 2. The molecule has 0 saturated carbocycles. The van der Waals surface area contributed by atoms with Gasteiger partial charge in [0, 0.05) is 5.56 Å². The Bertz CT molecular complexity index is 627. The summed E-state index contributed by atoms with van der Waals surface area (Å²) in [4.78, 5) is 18.4. The van der Waals surface area contributed by atoms with E-state index in [9.17, 15) is 18.0 Å². The Hall–Kier alpha value is -2.44. The van der Waals surface area contributed by atoms with Gasteiger partial charge in [0.2, 0.25) is 5.82 Å². The molecule has 0 bridgehead atoms. The zero-order chi connectivity index (χ0) is 14.8. The molecule has 0 aliphatic carbocycles. The highest BCUT2D eigenvalue weighted by atomic mass is 19.4. The molecule has 0 atom stereocenters. The van der Waals surface area contributed by atoms with Gasteiger partial charge in [0.05, 0.1) is 12.8 Å². The van der Waals surface area contributed by atoms with Crippen molar-refractivity contribution in [2.75, 3.05) is 7.11 Å². The molecule has 4 nitrogen and oxygen atoms in total. The molecule has 0 radical (unpaired) electrons. The fourth-order valence-corrected chi connectivity index (χ4v) is 1.53. The molecule has 1 aromatic heterocycles. The lowest BCUT2D eigenvalue weighted by atomic mass is 10.1. The first-order valence-corrected chi connectivity index (χ1v) is 5.52. The highest BCUT2D eigenvalue weighted by Crippen LogP contribution is 2.30. The van der Waals surface area contributed by atoms with Crippen molar-refractivity contribution in [2.24, 2.45) is 0 Å². The highest BCUT2D eigenvalue weighted by Gasteiger charge is 2.34. The number of benzene rings is 1. The fourth-order valence-electron chi connectivity index (χ4n) is 1.53. The minimum Gasteiger partial charge on any atom is -0.463 e. The van der Waals surface area contributed by atoms with Crippen molar-refractivity contribution in [3.8, 4) is 11.3 Å². The van der Waals surface area contributed by atoms with Crippen LogP contribution in [0.5, 0.6) is 0 Å². The number of aromatic nitrogens is 2. The van der Waals surface area contributed by atoms with Crippen LogP contribution in [0.4, 0.5) is 13.2 Å². The first-order valence-electron chi connectivity index (χ1n) is 5.52. The Morgan fingerprint density at radius 2 is 1.80 bits per heavy atom. The maximum atomic E-state index is 12.8.